The van der Waals surface area contributed by atoms with Crippen molar-refractivity contribution in [3.63, 3.8) is 0 Å². The van der Waals surface area contributed by atoms with Crippen molar-refractivity contribution in [2.45, 2.75) is 58.0 Å². The summed E-state index contributed by atoms with van der Waals surface area (Å²) in [6.45, 7) is 6.43. The van der Waals surface area contributed by atoms with Crippen LogP contribution in [0.25, 0.3) is 0 Å². The molecule has 1 saturated heterocycles. The Labute approximate surface area is 117 Å². The molecule has 1 heterocycles. The number of nitrogens with one attached hydrogen (secondary N) is 1. The standard InChI is InChI=1S/C13H27N3O.ClH/c1-3-11(2)15-13(17)10-16-9-5-4-6-12(16)7-8-14;/h11-12H,3-10,14H2,1-2H3,(H,15,17);1H. The van der Waals surface area contributed by atoms with Gasteiger partial charge in [-0.05, 0) is 45.7 Å². The van der Waals surface area contributed by atoms with Gasteiger partial charge in [0.05, 0.1) is 6.54 Å². The van der Waals surface area contributed by atoms with E-state index in [1.54, 1.807) is 0 Å². The molecule has 1 aliphatic heterocycles. The number of halogens is 1. The molecule has 0 radical (unpaired) electrons. The number of nitrogens with two attached hydrogens (primary N) is 1. The van der Waals surface area contributed by atoms with Gasteiger partial charge in [-0.3, -0.25) is 9.69 Å². The van der Waals surface area contributed by atoms with E-state index in [9.17, 15) is 4.79 Å². The van der Waals surface area contributed by atoms with Crippen molar-refractivity contribution < 1.29 is 4.79 Å². The van der Waals surface area contributed by atoms with E-state index in [4.69, 9.17) is 5.73 Å². The molecule has 1 rings (SSSR count). The number of carbonyl (C=O) groups is 1. The molecule has 3 N–H and O–H groups in total. The van der Waals surface area contributed by atoms with Gasteiger partial charge in [-0.25, -0.2) is 0 Å². The largest absolute Gasteiger partial charge is 0.353 e. The Balaban J connectivity index is 0.00000289. The normalized spacial score (nSPS) is 22.1. The topological polar surface area (TPSA) is 58.4 Å². The fourth-order valence-corrected chi connectivity index (χ4v) is 2.39. The average molecular weight is 278 g/mol. The minimum atomic E-state index is 0. The molecule has 18 heavy (non-hydrogen) atoms. The first kappa shape index (κ1) is 17.7. The molecule has 1 aliphatic rings. The number of piperidine rings is 1. The minimum absolute atomic E-state index is 0. The quantitative estimate of drug-likeness (QED) is 0.774. The lowest BCUT2D eigenvalue weighted by Crippen LogP contribution is -2.47. The van der Waals surface area contributed by atoms with E-state index in [1.165, 1.54) is 19.3 Å². The van der Waals surface area contributed by atoms with Crippen LogP contribution in [0.1, 0.15) is 46.0 Å². The highest BCUT2D eigenvalue weighted by Gasteiger charge is 2.23. The molecule has 5 heteroatoms. The van der Waals surface area contributed by atoms with Crippen molar-refractivity contribution >= 4 is 18.3 Å². The Kier molecular flexibility index (Phi) is 9.42. The van der Waals surface area contributed by atoms with E-state index < -0.39 is 0 Å². The van der Waals surface area contributed by atoms with Gasteiger partial charge in [0.25, 0.3) is 0 Å². The molecule has 0 aliphatic carbocycles. The molecule has 0 bridgehead atoms. The lowest BCUT2D eigenvalue weighted by atomic mass is 9.99. The molecule has 1 fully saturated rings. The first-order valence-corrected chi connectivity index (χ1v) is 6.90. The maximum absolute atomic E-state index is 11.8. The third-order valence-corrected chi connectivity index (χ3v) is 3.62. The number of carbonyl (C=O) groups excluding carboxylic acids is 1. The molecule has 1 amide bonds. The molecule has 0 aromatic heterocycles. The van der Waals surface area contributed by atoms with Gasteiger partial charge in [0, 0.05) is 12.1 Å². The Morgan fingerprint density at radius 3 is 2.83 bits per heavy atom. The van der Waals surface area contributed by atoms with Gasteiger partial charge >= 0.3 is 0 Å². The lowest BCUT2D eigenvalue weighted by molar-refractivity contribution is -0.123. The van der Waals surface area contributed by atoms with Crippen molar-refractivity contribution in [1.29, 1.82) is 0 Å². The maximum Gasteiger partial charge on any atom is 0.234 e. The van der Waals surface area contributed by atoms with Gasteiger partial charge in [0.15, 0.2) is 0 Å². The van der Waals surface area contributed by atoms with Crippen LogP contribution >= 0.6 is 12.4 Å². The molecule has 108 valence electrons. The molecule has 2 atom stereocenters. The number of likely N-dealkylation sites (tertiary alicyclic amines) is 1. The second kappa shape index (κ2) is 9.59. The van der Waals surface area contributed by atoms with Crippen molar-refractivity contribution in [1.82, 2.24) is 10.2 Å². The molecule has 4 nitrogen and oxygen atoms in total. The third kappa shape index (κ3) is 6.03. The number of hydrogen-bond donors (Lipinski definition) is 2. The fraction of sp³-hybridized carbons (Fsp3) is 0.923. The number of amides is 1. The summed E-state index contributed by atoms with van der Waals surface area (Å²) in [5.41, 5.74) is 5.63. The second-order valence-electron chi connectivity index (χ2n) is 5.07. The van der Waals surface area contributed by atoms with E-state index in [0.717, 1.165) is 19.4 Å². The van der Waals surface area contributed by atoms with Gasteiger partial charge in [-0.1, -0.05) is 13.3 Å². The Bertz CT molecular complexity index is 236. The Morgan fingerprint density at radius 1 is 1.50 bits per heavy atom. The average Bonchev–Trinajstić information content (AvgIpc) is 2.31. The van der Waals surface area contributed by atoms with Crippen LogP contribution in [0.5, 0.6) is 0 Å². The van der Waals surface area contributed by atoms with Crippen molar-refractivity contribution in [2.75, 3.05) is 19.6 Å². The molecular weight excluding hydrogens is 250 g/mol. The summed E-state index contributed by atoms with van der Waals surface area (Å²) in [7, 11) is 0. The van der Waals surface area contributed by atoms with Gasteiger partial charge in [0.2, 0.25) is 5.91 Å². The van der Waals surface area contributed by atoms with Gasteiger partial charge in [-0.2, -0.15) is 0 Å². The maximum atomic E-state index is 11.8. The molecular formula is C13H28ClN3O. The fourth-order valence-electron chi connectivity index (χ4n) is 2.39. The zero-order valence-electron chi connectivity index (χ0n) is 11.7. The van der Waals surface area contributed by atoms with Crippen LogP contribution in [0.15, 0.2) is 0 Å². The monoisotopic (exact) mass is 277 g/mol. The van der Waals surface area contributed by atoms with E-state index >= 15 is 0 Å². The summed E-state index contributed by atoms with van der Waals surface area (Å²) < 4.78 is 0. The second-order valence-corrected chi connectivity index (χ2v) is 5.07. The van der Waals surface area contributed by atoms with Crippen molar-refractivity contribution in [3.05, 3.63) is 0 Å². The molecule has 2 unspecified atom stereocenters. The predicted molar refractivity (Wildman–Crippen MR) is 78.0 cm³/mol. The summed E-state index contributed by atoms with van der Waals surface area (Å²) >= 11 is 0. The number of hydrogen-bond acceptors (Lipinski definition) is 3. The zero-order valence-corrected chi connectivity index (χ0v) is 12.5. The van der Waals surface area contributed by atoms with Crippen molar-refractivity contribution in [3.8, 4) is 0 Å². The van der Waals surface area contributed by atoms with Crippen LogP contribution < -0.4 is 11.1 Å². The number of rotatable bonds is 6. The number of nitrogens with zero attached hydrogens (tertiary/aromatic N) is 1. The van der Waals surface area contributed by atoms with Gasteiger partial charge < -0.3 is 11.1 Å². The highest BCUT2D eigenvalue weighted by atomic mass is 35.5. The molecule has 0 spiro atoms. The smallest absolute Gasteiger partial charge is 0.234 e. The minimum Gasteiger partial charge on any atom is -0.353 e. The molecule has 0 aromatic rings. The van der Waals surface area contributed by atoms with Crippen LogP contribution in [0.4, 0.5) is 0 Å². The van der Waals surface area contributed by atoms with E-state index in [1.807, 2.05) is 6.92 Å². The predicted octanol–water partition coefficient (Wildman–Crippen LogP) is 1.53. The van der Waals surface area contributed by atoms with E-state index in [-0.39, 0.29) is 24.4 Å². The summed E-state index contributed by atoms with van der Waals surface area (Å²) in [5, 5.41) is 3.03. The highest BCUT2D eigenvalue weighted by Crippen LogP contribution is 2.18. The Hall–Kier alpha value is -0.320. The van der Waals surface area contributed by atoms with Crippen LogP contribution in [0, 0.1) is 0 Å². The third-order valence-electron chi connectivity index (χ3n) is 3.62. The van der Waals surface area contributed by atoms with Crippen molar-refractivity contribution in [2.24, 2.45) is 5.73 Å². The van der Waals surface area contributed by atoms with Crippen LogP contribution in [0.2, 0.25) is 0 Å². The zero-order chi connectivity index (χ0) is 12.7. The highest BCUT2D eigenvalue weighted by molar-refractivity contribution is 5.85. The van der Waals surface area contributed by atoms with E-state index in [2.05, 4.69) is 17.1 Å². The summed E-state index contributed by atoms with van der Waals surface area (Å²) in [4.78, 5) is 14.1. The lowest BCUT2D eigenvalue weighted by Gasteiger charge is -2.35. The summed E-state index contributed by atoms with van der Waals surface area (Å²) in [6.07, 6.45) is 5.66. The van der Waals surface area contributed by atoms with E-state index in [0.29, 0.717) is 19.1 Å². The van der Waals surface area contributed by atoms with Crippen LogP contribution in [-0.4, -0.2) is 42.5 Å². The first-order chi connectivity index (χ1) is 8.17. The van der Waals surface area contributed by atoms with Gasteiger partial charge in [0.1, 0.15) is 0 Å². The van der Waals surface area contributed by atoms with Crippen LogP contribution in [-0.2, 0) is 4.79 Å². The van der Waals surface area contributed by atoms with Crippen LogP contribution in [0.3, 0.4) is 0 Å². The Morgan fingerprint density at radius 2 is 2.22 bits per heavy atom. The molecule has 0 saturated carbocycles. The SMILES string of the molecule is CCC(C)NC(=O)CN1CCCCC1CCN.Cl. The summed E-state index contributed by atoms with van der Waals surface area (Å²) in [6, 6.07) is 0.789. The van der Waals surface area contributed by atoms with Gasteiger partial charge in [-0.15, -0.1) is 12.4 Å². The first-order valence-electron chi connectivity index (χ1n) is 6.90. The molecule has 0 aromatic carbocycles. The summed E-state index contributed by atoms with van der Waals surface area (Å²) in [5.74, 6) is 0.156.